The summed E-state index contributed by atoms with van der Waals surface area (Å²) in [7, 11) is 0. The molecule has 0 radical (unpaired) electrons. The van der Waals surface area contributed by atoms with Gasteiger partial charge < -0.3 is 4.98 Å². The zero-order valence-corrected chi connectivity index (χ0v) is 10.5. The van der Waals surface area contributed by atoms with Crippen LogP contribution >= 0.6 is 0 Å². The van der Waals surface area contributed by atoms with E-state index in [1.54, 1.807) is 0 Å². The number of aromatic nitrogens is 2. The van der Waals surface area contributed by atoms with Crippen LogP contribution in [0.15, 0.2) is 4.79 Å². The Morgan fingerprint density at radius 1 is 1.35 bits per heavy atom. The van der Waals surface area contributed by atoms with Crippen LogP contribution in [0.3, 0.4) is 0 Å². The summed E-state index contributed by atoms with van der Waals surface area (Å²) in [5.41, 5.74) is 2.14. The summed E-state index contributed by atoms with van der Waals surface area (Å²) in [4.78, 5) is 19.7. The summed E-state index contributed by atoms with van der Waals surface area (Å²) >= 11 is 0. The van der Waals surface area contributed by atoms with Crippen LogP contribution in [0.2, 0.25) is 0 Å². The number of H-pyrrole nitrogens is 1. The summed E-state index contributed by atoms with van der Waals surface area (Å²) in [5.74, 6) is 2.30. The van der Waals surface area contributed by atoms with E-state index in [2.05, 4.69) is 11.9 Å². The molecular formula is C14H20N2O. The number of nitrogens with one attached hydrogen (secondary N) is 1. The molecule has 3 rings (SSSR count). The first kappa shape index (κ1) is 11.0. The van der Waals surface area contributed by atoms with Crippen molar-refractivity contribution in [3.05, 3.63) is 27.4 Å². The molecule has 1 saturated carbocycles. The number of rotatable bonds is 2. The monoisotopic (exact) mass is 232 g/mol. The number of hydrogen-bond donors (Lipinski definition) is 1. The van der Waals surface area contributed by atoms with Crippen molar-refractivity contribution in [1.82, 2.24) is 9.97 Å². The Kier molecular flexibility index (Phi) is 2.77. The van der Waals surface area contributed by atoms with Gasteiger partial charge in [0.15, 0.2) is 0 Å². The Labute approximate surface area is 102 Å². The van der Waals surface area contributed by atoms with Crippen LogP contribution in [0, 0.1) is 5.92 Å². The third kappa shape index (κ3) is 1.92. The molecule has 0 aliphatic heterocycles. The fourth-order valence-electron chi connectivity index (χ4n) is 3.35. The van der Waals surface area contributed by atoms with Gasteiger partial charge in [-0.25, -0.2) is 4.98 Å². The molecular weight excluding hydrogens is 212 g/mol. The number of aryl methyl sites for hydroxylation is 1. The van der Waals surface area contributed by atoms with Crippen LogP contribution in [0.5, 0.6) is 0 Å². The second kappa shape index (κ2) is 4.28. The molecule has 0 amide bonds. The van der Waals surface area contributed by atoms with Crippen LogP contribution < -0.4 is 5.56 Å². The van der Waals surface area contributed by atoms with Crippen molar-refractivity contribution in [3.63, 3.8) is 0 Å². The number of aromatic amines is 1. The summed E-state index contributed by atoms with van der Waals surface area (Å²) in [6.07, 6.45) is 7.96. The molecule has 1 N–H and O–H groups in total. The number of fused-ring (bicyclic) bond motifs is 1. The molecule has 0 spiro atoms. The first-order chi connectivity index (χ1) is 8.28. The minimum atomic E-state index is 0.127. The number of hydrogen-bond acceptors (Lipinski definition) is 2. The second-order valence-corrected chi connectivity index (χ2v) is 5.51. The van der Waals surface area contributed by atoms with Crippen LogP contribution in [-0.2, 0) is 12.8 Å². The Morgan fingerprint density at radius 2 is 2.24 bits per heavy atom. The summed E-state index contributed by atoms with van der Waals surface area (Å²) in [5, 5.41) is 0. The first-order valence-electron chi connectivity index (χ1n) is 6.90. The van der Waals surface area contributed by atoms with E-state index in [0.717, 1.165) is 42.3 Å². The van der Waals surface area contributed by atoms with E-state index in [0.29, 0.717) is 5.92 Å². The zero-order chi connectivity index (χ0) is 11.8. The topological polar surface area (TPSA) is 45.8 Å². The zero-order valence-electron chi connectivity index (χ0n) is 10.5. The molecule has 1 aromatic heterocycles. The van der Waals surface area contributed by atoms with E-state index in [-0.39, 0.29) is 5.56 Å². The van der Waals surface area contributed by atoms with Gasteiger partial charge in [-0.2, -0.15) is 0 Å². The van der Waals surface area contributed by atoms with Crippen molar-refractivity contribution < 1.29 is 0 Å². The van der Waals surface area contributed by atoms with Crippen molar-refractivity contribution in [2.24, 2.45) is 5.92 Å². The highest BCUT2D eigenvalue weighted by Crippen LogP contribution is 2.38. The third-order valence-electron chi connectivity index (χ3n) is 4.47. The predicted octanol–water partition coefficient (Wildman–Crippen LogP) is 2.55. The standard InChI is InChI=1S/C14H20N2O/c1-2-9-6-7-10(8-9)13-15-12-5-3-4-11(12)14(17)16-13/h9-10H,2-8H2,1H3,(H,15,16,17). The molecule has 1 aromatic rings. The van der Waals surface area contributed by atoms with Crippen LogP contribution in [-0.4, -0.2) is 9.97 Å². The predicted molar refractivity (Wildman–Crippen MR) is 67.3 cm³/mol. The SMILES string of the molecule is CCC1CCC(c2nc3c(c(=O)[nH]2)CCC3)C1. The van der Waals surface area contributed by atoms with Crippen LogP contribution in [0.4, 0.5) is 0 Å². The Morgan fingerprint density at radius 3 is 3.00 bits per heavy atom. The van der Waals surface area contributed by atoms with E-state index in [1.165, 1.54) is 25.7 Å². The summed E-state index contributed by atoms with van der Waals surface area (Å²) in [6, 6.07) is 0. The Hall–Kier alpha value is -1.12. The lowest BCUT2D eigenvalue weighted by atomic mass is 10.0. The molecule has 1 heterocycles. The summed E-state index contributed by atoms with van der Waals surface area (Å²) in [6.45, 7) is 2.26. The van der Waals surface area contributed by atoms with Gasteiger partial charge in [-0.15, -0.1) is 0 Å². The first-order valence-corrected chi connectivity index (χ1v) is 6.90. The van der Waals surface area contributed by atoms with E-state index in [4.69, 9.17) is 4.98 Å². The molecule has 2 aliphatic rings. The minimum absolute atomic E-state index is 0.127. The average molecular weight is 232 g/mol. The van der Waals surface area contributed by atoms with E-state index in [9.17, 15) is 4.79 Å². The molecule has 2 unspecified atom stereocenters. The van der Waals surface area contributed by atoms with E-state index in [1.807, 2.05) is 0 Å². The molecule has 0 saturated heterocycles. The van der Waals surface area contributed by atoms with Gasteiger partial charge in [0.1, 0.15) is 5.82 Å². The van der Waals surface area contributed by atoms with Gasteiger partial charge in [-0.1, -0.05) is 13.3 Å². The van der Waals surface area contributed by atoms with Crippen LogP contribution in [0.25, 0.3) is 0 Å². The molecule has 2 atom stereocenters. The van der Waals surface area contributed by atoms with Crippen LogP contribution in [0.1, 0.15) is 62.0 Å². The van der Waals surface area contributed by atoms with Gasteiger partial charge in [0.25, 0.3) is 5.56 Å². The van der Waals surface area contributed by atoms with Crippen molar-refractivity contribution in [2.75, 3.05) is 0 Å². The van der Waals surface area contributed by atoms with Gasteiger partial charge in [0.2, 0.25) is 0 Å². The smallest absolute Gasteiger partial charge is 0.254 e. The molecule has 0 bridgehead atoms. The molecule has 3 nitrogen and oxygen atoms in total. The Bertz CT molecular complexity index is 478. The summed E-state index contributed by atoms with van der Waals surface area (Å²) < 4.78 is 0. The molecule has 3 heteroatoms. The van der Waals surface area contributed by atoms with Gasteiger partial charge >= 0.3 is 0 Å². The second-order valence-electron chi connectivity index (χ2n) is 5.51. The Balaban J connectivity index is 1.90. The molecule has 0 aromatic carbocycles. The highest BCUT2D eigenvalue weighted by molar-refractivity contribution is 5.23. The lowest BCUT2D eigenvalue weighted by molar-refractivity contribution is 0.516. The quantitative estimate of drug-likeness (QED) is 0.851. The van der Waals surface area contributed by atoms with E-state index < -0.39 is 0 Å². The van der Waals surface area contributed by atoms with Gasteiger partial charge in [-0.3, -0.25) is 4.79 Å². The maximum Gasteiger partial charge on any atom is 0.254 e. The van der Waals surface area contributed by atoms with Gasteiger partial charge in [-0.05, 0) is 44.4 Å². The maximum atomic E-state index is 11.9. The largest absolute Gasteiger partial charge is 0.310 e. The van der Waals surface area contributed by atoms with Crippen molar-refractivity contribution in [2.45, 2.75) is 57.8 Å². The van der Waals surface area contributed by atoms with Crippen molar-refractivity contribution in [3.8, 4) is 0 Å². The third-order valence-corrected chi connectivity index (χ3v) is 4.47. The molecule has 2 aliphatic carbocycles. The van der Waals surface area contributed by atoms with Crippen molar-refractivity contribution >= 4 is 0 Å². The molecule has 1 fully saturated rings. The normalized spacial score (nSPS) is 27.4. The highest BCUT2D eigenvalue weighted by Gasteiger charge is 2.28. The lowest BCUT2D eigenvalue weighted by Gasteiger charge is -2.10. The highest BCUT2D eigenvalue weighted by atomic mass is 16.1. The maximum absolute atomic E-state index is 11.9. The van der Waals surface area contributed by atoms with Gasteiger partial charge in [0.05, 0.1) is 5.69 Å². The van der Waals surface area contributed by atoms with Gasteiger partial charge in [0, 0.05) is 11.5 Å². The van der Waals surface area contributed by atoms with Crippen molar-refractivity contribution in [1.29, 1.82) is 0 Å². The molecule has 17 heavy (non-hydrogen) atoms. The molecule has 92 valence electrons. The lowest BCUT2D eigenvalue weighted by Crippen LogP contribution is -2.18. The number of nitrogens with zero attached hydrogens (tertiary/aromatic N) is 1. The minimum Gasteiger partial charge on any atom is -0.310 e. The fourth-order valence-corrected chi connectivity index (χ4v) is 3.35. The average Bonchev–Trinajstić information content (AvgIpc) is 2.97. The fraction of sp³-hybridized carbons (Fsp3) is 0.714. The van der Waals surface area contributed by atoms with E-state index >= 15 is 0 Å².